The Bertz CT molecular complexity index is 436. The van der Waals surface area contributed by atoms with Crippen LogP contribution in [0.15, 0.2) is 6.33 Å². The number of aromatic nitrogens is 2. The second kappa shape index (κ2) is 6.88. The summed E-state index contributed by atoms with van der Waals surface area (Å²) in [6.45, 7) is 9.02. The first kappa shape index (κ1) is 15.0. The molecule has 20 heavy (non-hydrogen) atoms. The molecule has 0 aromatic carbocycles. The summed E-state index contributed by atoms with van der Waals surface area (Å²) in [5, 5.41) is 13.3. The number of nitrogens with one attached hydrogen (secondary N) is 1. The Morgan fingerprint density at radius 3 is 2.90 bits per heavy atom. The van der Waals surface area contributed by atoms with Crippen LogP contribution in [0, 0.1) is 0 Å². The lowest BCUT2D eigenvalue weighted by molar-refractivity contribution is 0.153. The average molecular weight is 278 g/mol. The third kappa shape index (κ3) is 3.39. The number of hydrogen-bond donors (Lipinski definition) is 2. The van der Waals surface area contributed by atoms with Crippen molar-refractivity contribution in [2.24, 2.45) is 0 Å². The van der Waals surface area contributed by atoms with E-state index in [0.717, 1.165) is 49.6 Å². The number of piperidine rings is 1. The van der Waals surface area contributed by atoms with Crippen LogP contribution < -0.4 is 10.2 Å². The first-order chi connectivity index (χ1) is 9.63. The topological polar surface area (TPSA) is 61.3 Å². The second-order valence-electron chi connectivity index (χ2n) is 5.78. The van der Waals surface area contributed by atoms with Gasteiger partial charge in [0.15, 0.2) is 0 Å². The van der Waals surface area contributed by atoms with Crippen LogP contribution in [-0.4, -0.2) is 40.8 Å². The maximum Gasteiger partial charge on any atom is 0.137 e. The van der Waals surface area contributed by atoms with E-state index in [9.17, 15) is 5.11 Å². The van der Waals surface area contributed by atoms with Crippen molar-refractivity contribution in [1.82, 2.24) is 9.97 Å². The lowest BCUT2D eigenvalue weighted by Crippen LogP contribution is -2.39. The molecule has 1 aromatic heterocycles. The third-order valence-corrected chi connectivity index (χ3v) is 3.68. The number of nitrogens with zero attached hydrogens (tertiary/aromatic N) is 3. The van der Waals surface area contributed by atoms with E-state index in [4.69, 9.17) is 0 Å². The molecule has 1 atom stereocenters. The number of hydrogen-bond acceptors (Lipinski definition) is 5. The zero-order valence-electron chi connectivity index (χ0n) is 12.8. The number of anilines is 2. The minimum Gasteiger partial charge on any atom is -0.391 e. The first-order valence-electron chi connectivity index (χ1n) is 7.65. The van der Waals surface area contributed by atoms with E-state index >= 15 is 0 Å². The van der Waals surface area contributed by atoms with Crippen molar-refractivity contribution in [3.63, 3.8) is 0 Å². The number of aliphatic hydroxyl groups excluding tert-OH is 1. The summed E-state index contributed by atoms with van der Waals surface area (Å²) >= 11 is 0. The highest BCUT2D eigenvalue weighted by Gasteiger charge is 2.24. The van der Waals surface area contributed by atoms with Crippen LogP contribution in [0.1, 0.15) is 51.5 Å². The van der Waals surface area contributed by atoms with Gasteiger partial charge < -0.3 is 15.3 Å². The van der Waals surface area contributed by atoms with Gasteiger partial charge in [0.2, 0.25) is 0 Å². The maximum absolute atomic E-state index is 9.88. The first-order valence-corrected chi connectivity index (χ1v) is 7.65. The normalized spacial score (nSPS) is 19.4. The van der Waals surface area contributed by atoms with E-state index in [1.807, 2.05) is 0 Å². The van der Waals surface area contributed by atoms with Gasteiger partial charge in [-0.15, -0.1) is 0 Å². The molecule has 2 rings (SSSR count). The average Bonchev–Trinajstić information content (AvgIpc) is 2.44. The fourth-order valence-corrected chi connectivity index (χ4v) is 2.70. The molecule has 0 radical (unpaired) electrons. The summed E-state index contributed by atoms with van der Waals surface area (Å²) in [5.74, 6) is 2.27. The zero-order valence-corrected chi connectivity index (χ0v) is 12.8. The van der Waals surface area contributed by atoms with Gasteiger partial charge in [-0.25, -0.2) is 9.97 Å². The van der Waals surface area contributed by atoms with Crippen LogP contribution in [0.4, 0.5) is 11.6 Å². The molecule has 1 aliphatic heterocycles. The van der Waals surface area contributed by atoms with E-state index < -0.39 is 0 Å². The fraction of sp³-hybridized carbons (Fsp3) is 0.733. The lowest BCUT2D eigenvalue weighted by atomic mass is 10.0. The van der Waals surface area contributed by atoms with E-state index in [-0.39, 0.29) is 6.10 Å². The quantitative estimate of drug-likeness (QED) is 0.866. The molecule has 1 fully saturated rings. The molecule has 0 amide bonds. The molecule has 0 spiro atoms. The van der Waals surface area contributed by atoms with Crippen LogP contribution in [0.5, 0.6) is 0 Å². The molecule has 1 unspecified atom stereocenters. The van der Waals surface area contributed by atoms with Crippen LogP contribution in [-0.2, 0) is 0 Å². The van der Waals surface area contributed by atoms with Crippen molar-refractivity contribution < 1.29 is 5.11 Å². The van der Waals surface area contributed by atoms with E-state index in [0.29, 0.717) is 12.5 Å². The van der Waals surface area contributed by atoms with Crippen molar-refractivity contribution in [2.75, 3.05) is 29.9 Å². The van der Waals surface area contributed by atoms with Gasteiger partial charge in [0.25, 0.3) is 0 Å². The minimum atomic E-state index is -0.245. The van der Waals surface area contributed by atoms with Crippen molar-refractivity contribution >= 4 is 11.6 Å². The van der Waals surface area contributed by atoms with E-state index in [2.05, 4.69) is 41.0 Å². The van der Waals surface area contributed by atoms with Gasteiger partial charge in [0, 0.05) is 25.2 Å². The van der Waals surface area contributed by atoms with Crippen LogP contribution in [0.3, 0.4) is 0 Å². The minimum absolute atomic E-state index is 0.245. The summed E-state index contributed by atoms with van der Waals surface area (Å²) in [7, 11) is 0. The molecule has 2 heterocycles. The molecule has 5 nitrogen and oxygen atoms in total. The van der Waals surface area contributed by atoms with Crippen LogP contribution in [0.25, 0.3) is 0 Å². The Morgan fingerprint density at radius 2 is 2.25 bits per heavy atom. The maximum atomic E-state index is 9.88. The van der Waals surface area contributed by atoms with Crippen molar-refractivity contribution in [1.29, 1.82) is 0 Å². The summed E-state index contributed by atoms with van der Waals surface area (Å²) < 4.78 is 0. The molecular formula is C15H26N4O. The van der Waals surface area contributed by atoms with Gasteiger partial charge in [0.05, 0.1) is 6.10 Å². The monoisotopic (exact) mass is 278 g/mol. The smallest absolute Gasteiger partial charge is 0.137 e. The molecule has 1 saturated heterocycles. The molecule has 0 saturated carbocycles. The molecule has 0 bridgehead atoms. The Balaban J connectivity index is 2.31. The highest BCUT2D eigenvalue weighted by molar-refractivity contribution is 5.60. The number of β-amino-alcohol motifs (C(OH)–C–C–N with tert-alkyl or cyclic N) is 1. The summed E-state index contributed by atoms with van der Waals surface area (Å²) in [4.78, 5) is 11.1. The lowest BCUT2D eigenvalue weighted by Gasteiger charge is -2.33. The Kier molecular flexibility index (Phi) is 5.17. The molecule has 112 valence electrons. The largest absolute Gasteiger partial charge is 0.391 e. The third-order valence-electron chi connectivity index (χ3n) is 3.68. The number of aliphatic hydroxyl groups is 1. The summed E-state index contributed by atoms with van der Waals surface area (Å²) in [6.07, 6.45) is 4.35. The van der Waals surface area contributed by atoms with Gasteiger partial charge in [-0.1, -0.05) is 20.8 Å². The van der Waals surface area contributed by atoms with E-state index in [1.165, 1.54) is 0 Å². The Hall–Kier alpha value is -1.36. The molecule has 1 aromatic rings. The molecule has 5 heteroatoms. The molecule has 1 aliphatic rings. The van der Waals surface area contributed by atoms with E-state index in [1.54, 1.807) is 6.33 Å². The predicted octanol–water partition coefficient (Wildman–Crippen LogP) is 2.38. The van der Waals surface area contributed by atoms with Gasteiger partial charge in [-0.05, 0) is 25.2 Å². The molecular weight excluding hydrogens is 252 g/mol. The SMILES string of the molecule is CCCNc1ncnc(N2CCCC(O)C2)c1C(C)C. The van der Waals surface area contributed by atoms with Crippen LogP contribution >= 0.6 is 0 Å². The summed E-state index contributed by atoms with van der Waals surface area (Å²) in [5.41, 5.74) is 1.16. The number of rotatable bonds is 5. The van der Waals surface area contributed by atoms with Crippen molar-refractivity contribution in [3.05, 3.63) is 11.9 Å². The van der Waals surface area contributed by atoms with Crippen LogP contribution in [0.2, 0.25) is 0 Å². The standard InChI is InChI=1S/C15H26N4O/c1-4-7-16-14-13(11(2)3)15(18-10-17-14)19-8-5-6-12(20)9-19/h10-12,20H,4-9H2,1-3H3,(H,16,17,18). The Morgan fingerprint density at radius 1 is 1.45 bits per heavy atom. The van der Waals surface area contributed by atoms with Gasteiger partial charge in [-0.3, -0.25) is 0 Å². The van der Waals surface area contributed by atoms with Gasteiger partial charge >= 0.3 is 0 Å². The Labute approximate surface area is 121 Å². The van der Waals surface area contributed by atoms with Gasteiger partial charge in [0.1, 0.15) is 18.0 Å². The zero-order chi connectivity index (χ0) is 14.5. The highest BCUT2D eigenvalue weighted by Crippen LogP contribution is 2.32. The highest BCUT2D eigenvalue weighted by atomic mass is 16.3. The second-order valence-corrected chi connectivity index (χ2v) is 5.78. The van der Waals surface area contributed by atoms with Gasteiger partial charge in [-0.2, -0.15) is 0 Å². The van der Waals surface area contributed by atoms with Crippen molar-refractivity contribution in [3.8, 4) is 0 Å². The van der Waals surface area contributed by atoms with Crippen molar-refractivity contribution in [2.45, 2.75) is 52.1 Å². The predicted molar refractivity (Wildman–Crippen MR) is 82.4 cm³/mol. The molecule has 2 N–H and O–H groups in total. The molecule has 0 aliphatic carbocycles. The summed E-state index contributed by atoms with van der Waals surface area (Å²) in [6, 6.07) is 0. The fourth-order valence-electron chi connectivity index (χ4n) is 2.70.